The third kappa shape index (κ3) is 3.49. The Labute approximate surface area is 139 Å². The van der Waals surface area contributed by atoms with Crippen molar-refractivity contribution in [2.45, 2.75) is 51.6 Å². The molecule has 1 aromatic rings. The van der Waals surface area contributed by atoms with Gasteiger partial charge in [-0.25, -0.2) is 0 Å². The van der Waals surface area contributed by atoms with Crippen LogP contribution in [0.25, 0.3) is 0 Å². The number of hydrogen-bond acceptors (Lipinski definition) is 4. The van der Waals surface area contributed by atoms with Crippen molar-refractivity contribution in [1.82, 2.24) is 15.1 Å². The number of carbonyl (C=O) groups excluding carboxylic acids is 1. The van der Waals surface area contributed by atoms with E-state index < -0.39 is 4.92 Å². The second kappa shape index (κ2) is 6.47. The van der Waals surface area contributed by atoms with Gasteiger partial charge in [0.1, 0.15) is 0 Å². The minimum Gasteiger partial charge on any atom is -0.358 e. The maximum Gasteiger partial charge on any atom is 0.408 e. The number of aromatic nitrogens is 2. The van der Waals surface area contributed by atoms with Crippen molar-refractivity contribution < 1.29 is 9.72 Å². The Morgan fingerprint density at radius 2 is 2.35 bits per heavy atom. The summed E-state index contributed by atoms with van der Waals surface area (Å²) in [6.45, 7) is 2.36. The van der Waals surface area contributed by atoms with E-state index in [-0.39, 0.29) is 35.8 Å². The molecule has 2 aliphatic carbocycles. The van der Waals surface area contributed by atoms with Crippen LogP contribution in [0.2, 0.25) is 5.02 Å². The predicted octanol–water partition coefficient (Wildman–Crippen LogP) is 2.78. The number of carbonyl (C=O) groups is 1. The number of halogens is 1. The van der Waals surface area contributed by atoms with E-state index in [9.17, 15) is 14.9 Å². The van der Waals surface area contributed by atoms with Crippen LogP contribution in [0.3, 0.4) is 0 Å². The van der Waals surface area contributed by atoms with Gasteiger partial charge >= 0.3 is 5.82 Å². The standard InChI is InChI=1S/C15H21ClN4O3/c1-9(12-7-10-2-3-11(12)6-10)17-14(21)4-5-19-8-13(16)15(18-19)20(22)23/h8-12H,2-7H2,1H3,(H,17,21)/t9-,10+,11+,12+/m1/s1. The lowest BCUT2D eigenvalue weighted by Crippen LogP contribution is -2.40. The third-order valence-electron chi connectivity index (χ3n) is 5.26. The highest BCUT2D eigenvalue weighted by atomic mass is 35.5. The number of fused-ring (bicyclic) bond motifs is 2. The fourth-order valence-corrected chi connectivity index (χ4v) is 4.40. The van der Waals surface area contributed by atoms with Gasteiger partial charge in [0.2, 0.25) is 5.91 Å². The minimum absolute atomic E-state index is 0.00856. The van der Waals surface area contributed by atoms with Crippen LogP contribution in [-0.4, -0.2) is 26.7 Å². The molecule has 2 bridgehead atoms. The second-order valence-corrected chi connectivity index (χ2v) is 7.17. The molecule has 1 N–H and O–H groups in total. The van der Waals surface area contributed by atoms with Gasteiger partial charge in [0.05, 0.1) is 17.8 Å². The van der Waals surface area contributed by atoms with Gasteiger partial charge in [0.25, 0.3) is 0 Å². The van der Waals surface area contributed by atoms with Gasteiger partial charge in [-0.15, -0.1) is 0 Å². The van der Waals surface area contributed by atoms with E-state index in [4.69, 9.17) is 11.6 Å². The summed E-state index contributed by atoms with van der Waals surface area (Å²) in [5, 5.41) is 17.5. The molecule has 23 heavy (non-hydrogen) atoms. The first-order valence-corrected chi connectivity index (χ1v) is 8.48. The Morgan fingerprint density at radius 3 is 2.91 bits per heavy atom. The van der Waals surface area contributed by atoms with Crippen molar-refractivity contribution in [2.75, 3.05) is 0 Å². The van der Waals surface area contributed by atoms with Crippen LogP contribution >= 0.6 is 11.6 Å². The molecular formula is C15H21ClN4O3. The van der Waals surface area contributed by atoms with Crippen LogP contribution in [0.5, 0.6) is 0 Å². The first kappa shape index (κ1) is 16.2. The number of nitrogens with zero attached hydrogens (tertiary/aromatic N) is 3. The van der Waals surface area contributed by atoms with E-state index in [0.717, 1.165) is 11.8 Å². The maximum absolute atomic E-state index is 12.1. The molecule has 126 valence electrons. The average molecular weight is 341 g/mol. The topological polar surface area (TPSA) is 90.1 Å². The van der Waals surface area contributed by atoms with Crippen molar-refractivity contribution in [3.8, 4) is 0 Å². The molecule has 0 unspecified atom stereocenters. The van der Waals surface area contributed by atoms with Gasteiger partial charge in [-0.1, -0.05) is 18.0 Å². The lowest BCUT2D eigenvalue weighted by Gasteiger charge is -2.28. The first-order valence-electron chi connectivity index (χ1n) is 8.10. The van der Waals surface area contributed by atoms with Gasteiger partial charge < -0.3 is 15.4 Å². The summed E-state index contributed by atoms with van der Waals surface area (Å²) in [7, 11) is 0. The van der Waals surface area contributed by atoms with Crippen LogP contribution in [0.15, 0.2) is 6.20 Å². The highest BCUT2D eigenvalue weighted by molar-refractivity contribution is 6.32. The number of hydrogen-bond donors (Lipinski definition) is 1. The molecule has 0 spiro atoms. The summed E-state index contributed by atoms with van der Waals surface area (Å²) in [5.41, 5.74) is 0. The zero-order valence-electron chi connectivity index (χ0n) is 13.1. The summed E-state index contributed by atoms with van der Waals surface area (Å²) < 4.78 is 1.35. The molecule has 0 radical (unpaired) electrons. The van der Waals surface area contributed by atoms with E-state index in [1.54, 1.807) is 0 Å². The highest BCUT2D eigenvalue weighted by Crippen LogP contribution is 2.49. The molecule has 4 atom stereocenters. The lowest BCUT2D eigenvalue weighted by atomic mass is 9.84. The fourth-order valence-electron chi connectivity index (χ4n) is 4.18. The first-order chi connectivity index (χ1) is 10.9. The van der Waals surface area contributed by atoms with Crippen LogP contribution in [0.4, 0.5) is 5.82 Å². The molecule has 1 heterocycles. The van der Waals surface area contributed by atoms with E-state index in [0.29, 0.717) is 5.92 Å². The fraction of sp³-hybridized carbons (Fsp3) is 0.733. The quantitative estimate of drug-likeness (QED) is 0.636. The Morgan fingerprint density at radius 1 is 1.57 bits per heavy atom. The molecule has 0 aliphatic heterocycles. The summed E-state index contributed by atoms with van der Waals surface area (Å²) in [6, 6.07) is 0.188. The lowest BCUT2D eigenvalue weighted by molar-refractivity contribution is -0.389. The normalized spacial score (nSPS) is 27.1. The predicted molar refractivity (Wildman–Crippen MR) is 85.1 cm³/mol. The number of nitro groups is 1. The Balaban J connectivity index is 1.48. The molecular weight excluding hydrogens is 320 g/mol. The van der Waals surface area contributed by atoms with Crippen LogP contribution in [0.1, 0.15) is 39.0 Å². The summed E-state index contributed by atoms with van der Waals surface area (Å²) in [5.74, 6) is 1.80. The van der Waals surface area contributed by atoms with Crippen molar-refractivity contribution in [1.29, 1.82) is 0 Å². The molecule has 1 aromatic heterocycles. The van der Waals surface area contributed by atoms with Crippen molar-refractivity contribution in [2.24, 2.45) is 17.8 Å². The second-order valence-electron chi connectivity index (χ2n) is 6.77. The smallest absolute Gasteiger partial charge is 0.358 e. The van der Waals surface area contributed by atoms with Crippen molar-refractivity contribution in [3.63, 3.8) is 0 Å². The van der Waals surface area contributed by atoms with Gasteiger partial charge in [0.15, 0.2) is 5.02 Å². The highest BCUT2D eigenvalue weighted by Gasteiger charge is 2.42. The van der Waals surface area contributed by atoms with Gasteiger partial charge in [0, 0.05) is 12.5 Å². The number of amides is 1. The molecule has 7 nitrogen and oxygen atoms in total. The maximum atomic E-state index is 12.1. The zero-order valence-corrected chi connectivity index (χ0v) is 13.8. The Kier molecular flexibility index (Phi) is 4.57. The SMILES string of the molecule is C[C@@H](NC(=O)CCn1cc(Cl)c([N+](=O)[O-])n1)[C@@H]1C[C@H]2CC[C@H]1C2. The molecule has 1 amide bonds. The van der Waals surface area contributed by atoms with E-state index in [2.05, 4.69) is 17.3 Å². The monoisotopic (exact) mass is 340 g/mol. The van der Waals surface area contributed by atoms with E-state index in [1.165, 1.54) is 36.6 Å². The Bertz CT molecular complexity index is 618. The zero-order chi connectivity index (χ0) is 16.6. The summed E-state index contributed by atoms with van der Waals surface area (Å²) >= 11 is 5.74. The molecule has 0 saturated heterocycles. The van der Waals surface area contributed by atoms with Crippen molar-refractivity contribution >= 4 is 23.3 Å². The summed E-state index contributed by atoms with van der Waals surface area (Å²) in [4.78, 5) is 22.2. The van der Waals surface area contributed by atoms with E-state index >= 15 is 0 Å². The molecule has 2 saturated carbocycles. The van der Waals surface area contributed by atoms with Crippen LogP contribution in [0, 0.1) is 27.9 Å². The molecule has 0 aromatic carbocycles. The number of nitrogens with one attached hydrogen (secondary N) is 1. The summed E-state index contributed by atoms with van der Waals surface area (Å²) in [6.07, 6.45) is 6.81. The minimum atomic E-state index is -0.629. The van der Waals surface area contributed by atoms with Gasteiger partial charge in [-0.2, -0.15) is 4.68 Å². The molecule has 3 rings (SSSR count). The van der Waals surface area contributed by atoms with Gasteiger partial charge in [-0.3, -0.25) is 4.79 Å². The molecule has 8 heteroatoms. The molecule has 2 fully saturated rings. The van der Waals surface area contributed by atoms with Crippen LogP contribution in [-0.2, 0) is 11.3 Å². The Hall–Kier alpha value is -1.63. The number of rotatable bonds is 6. The van der Waals surface area contributed by atoms with Crippen molar-refractivity contribution in [3.05, 3.63) is 21.3 Å². The average Bonchev–Trinajstić information content (AvgIpc) is 3.19. The largest absolute Gasteiger partial charge is 0.408 e. The van der Waals surface area contributed by atoms with E-state index in [1.807, 2.05) is 0 Å². The van der Waals surface area contributed by atoms with Gasteiger partial charge in [-0.05, 0) is 48.9 Å². The van der Waals surface area contributed by atoms with Crippen LogP contribution < -0.4 is 5.32 Å². The number of aryl methyl sites for hydroxylation is 1. The molecule has 2 aliphatic rings. The third-order valence-corrected chi connectivity index (χ3v) is 5.53.